The van der Waals surface area contributed by atoms with E-state index >= 15 is 0 Å². The summed E-state index contributed by atoms with van der Waals surface area (Å²) in [6, 6.07) is 0.977. The molecule has 1 aromatic rings. The number of nitrogens with zero attached hydrogens (tertiary/aromatic N) is 2. The maximum atomic E-state index is 4.67. The predicted molar refractivity (Wildman–Crippen MR) is 90.8 cm³/mol. The fraction of sp³-hybridized carbons (Fsp3) is 0.812. The second-order valence-corrected chi connectivity index (χ2v) is 6.57. The lowest BCUT2D eigenvalue weighted by Gasteiger charge is -2.28. The van der Waals surface area contributed by atoms with Gasteiger partial charge in [-0.3, -0.25) is 0 Å². The van der Waals surface area contributed by atoms with Crippen molar-refractivity contribution in [1.82, 2.24) is 10.3 Å². The molecular formula is C16H31N3S. The average molecular weight is 298 g/mol. The Bertz CT molecular complexity index is 364. The van der Waals surface area contributed by atoms with Crippen molar-refractivity contribution in [2.75, 3.05) is 18.0 Å². The highest BCUT2D eigenvalue weighted by Gasteiger charge is 2.17. The zero-order valence-electron chi connectivity index (χ0n) is 13.8. The van der Waals surface area contributed by atoms with Crippen LogP contribution in [0.4, 0.5) is 5.13 Å². The Labute approximate surface area is 128 Å². The summed E-state index contributed by atoms with van der Waals surface area (Å²) in [4.78, 5) is 8.49. The SMILES string of the molecule is CCCCN(c1ncc(C(C)NCCC)s1)C(C)CC. The number of rotatable bonds is 10. The molecule has 1 rings (SSSR count). The van der Waals surface area contributed by atoms with Crippen LogP contribution < -0.4 is 10.2 Å². The third-order valence-electron chi connectivity index (χ3n) is 3.76. The molecule has 20 heavy (non-hydrogen) atoms. The van der Waals surface area contributed by atoms with Gasteiger partial charge in [-0.2, -0.15) is 0 Å². The van der Waals surface area contributed by atoms with E-state index in [0.29, 0.717) is 12.1 Å². The lowest BCUT2D eigenvalue weighted by Crippen LogP contribution is -2.33. The number of hydrogen-bond donors (Lipinski definition) is 1. The minimum atomic E-state index is 0.408. The minimum absolute atomic E-state index is 0.408. The van der Waals surface area contributed by atoms with E-state index in [1.54, 1.807) is 0 Å². The first-order chi connectivity index (χ1) is 9.63. The lowest BCUT2D eigenvalue weighted by atomic mass is 10.2. The van der Waals surface area contributed by atoms with Crippen LogP contribution >= 0.6 is 11.3 Å². The van der Waals surface area contributed by atoms with E-state index in [1.165, 1.54) is 35.7 Å². The Morgan fingerprint density at radius 3 is 2.60 bits per heavy atom. The van der Waals surface area contributed by atoms with Gasteiger partial charge in [-0.25, -0.2) is 4.98 Å². The molecule has 0 fully saturated rings. The summed E-state index contributed by atoms with van der Waals surface area (Å²) in [5.74, 6) is 0. The van der Waals surface area contributed by atoms with Crippen LogP contribution in [0.5, 0.6) is 0 Å². The summed E-state index contributed by atoms with van der Waals surface area (Å²) in [5, 5.41) is 4.73. The number of thiazole rings is 1. The van der Waals surface area contributed by atoms with E-state index < -0.39 is 0 Å². The van der Waals surface area contributed by atoms with Crippen LogP contribution in [0.15, 0.2) is 6.20 Å². The molecule has 0 saturated heterocycles. The van der Waals surface area contributed by atoms with Crippen molar-refractivity contribution >= 4 is 16.5 Å². The molecule has 4 heteroatoms. The van der Waals surface area contributed by atoms with Crippen LogP contribution in [-0.4, -0.2) is 24.1 Å². The Morgan fingerprint density at radius 1 is 1.25 bits per heavy atom. The summed E-state index contributed by atoms with van der Waals surface area (Å²) in [5.41, 5.74) is 0. The molecular weight excluding hydrogens is 266 g/mol. The van der Waals surface area contributed by atoms with Crippen molar-refractivity contribution in [3.8, 4) is 0 Å². The van der Waals surface area contributed by atoms with Crippen molar-refractivity contribution in [2.45, 2.75) is 72.4 Å². The third-order valence-corrected chi connectivity index (χ3v) is 4.98. The fourth-order valence-corrected chi connectivity index (χ4v) is 3.20. The Kier molecular flexibility index (Phi) is 8.15. The number of unbranched alkanes of at least 4 members (excludes halogenated alkanes) is 1. The standard InChI is InChI=1S/C16H31N3S/c1-6-9-11-19(13(4)8-3)16-18-12-15(20-16)14(5)17-10-7-2/h12-14,17H,6-11H2,1-5H3. The molecule has 0 spiro atoms. The Morgan fingerprint density at radius 2 is 2.00 bits per heavy atom. The number of aromatic nitrogens is 1. The molecule has 2 unspecified atom stereocenters. The van der Waals surface area contributed by atoms with E-state index in [4.69, 9.17) is 0 Å². The molecule has 1 heterocycles. The zero-order chi connectivity index (χ0) is 15.0. The smallest absolute Gasteiger partial charge is 0.185 e. The van der Waals surface area contributed by atoms with Crippen LogP contribution in [0.25, 0.3) is 0 Å². The highest BCUT2D eigenvalue weighted by Crippen LogP contribution is 2.29. The monoisotopic (exact) mass is 297 g/mol. The number of anilines is 1. The van der Waals surface area contributed by atoms with Gasteiger partial charge < -0.3 is 10.2 Å². The number of nitrogens with one attached hydrogen (secondary N) is 1. The van der Waals surface area contributed by atoms with E-state index in [0.717, 1.165) is 13.1 Å². The fourth-order valence-electron chi connectivity index (χ4n) is 2.12. The van der Waals surface area contributed by atoms with Gasteiger partial charge in [0.1, 0.15) is 0 Å². The highest BCUT2D eigenvalue weighted by molar-refractivity contribution is 7.15. The van der Waals surface area contributed by atoms with E-state index in [9.17, 15) is 0 Å². The van der Waals surface area contributed by atoms with Gasteiger partial charge in [0, 0.05) is 29.7 Å². The van der Waals surface area contributed by atoms with Crippen LogP contribution in [0.2, 0.25) is 0 Å². The zero-order valence-corrected chi connectivity index (χ0v) is 14.6. The summed E-state index contributed by atoms with van der Waals surface area (Å²) in [6.45, 7) is 13.4. The van der Waals surface area contributed by atoms with Crippen molar-refractivity contribution < 1.29 is 0 Å². The number of hydrogen-bond acceptors (Lipinski definition) is 4. The van der Waals surface area contributed by atoms with Gasteiger partial charge in [0.2, 0.25) is 0 Å². The summed E-state index contributed by atoms with van der Waals surface area (Å²) < 4.78 is 0. The second kappa shape index (κ2) is 9.35. The summed E-state index contributed by atoms with van der Waals surface area (Å²) in [7, 11) is 0. The molecule has 0 bridgehead atoms. The molecule has 0 aliphatic rings. The van der Waals surface area contributed by atoms with Gasteiger partial charge in [0.15, 0.2) is 5.13 Å². The molecule has 0 radical (unpaired) electrons. The van der Waals surface area contributed by atoms with Crippen molar-refractivity contribution in [3.63, 3.8) is 0 Å². The first kappa shape index (κ1) is 17.4. The average Bonchev–Trinajstić information content (AvgIpc) is 2.94. The minimum Gasteiger partial charge on any atom is -0.345 e. The van der Waals surface area contributed by atoms with Crippen LogP contribution in [0.1, 0.15) is 71.2 Å². The largest absolute Gasteiger partial charge is 0.345 e. The molecule has 2 atom stereocenters. The van der Waals surface area contributed by atoms with Gasteiger partial charge >= 0.3 is 0 Å². The molecule has 0 aromatic carbocycles. The molecule has 0 aliphatic carbocycles. The summed E-state index contributed by atoms with van der Waals surface area (Å²) in [6.07, 6.45) is 6.87. The van der Waals surface area contributed by atoms with Crippen LogP contribution in [0.3, 0.4) is 0 Å². The van der Waals surface area contributed by atoms with Crippen molar-refractivity contribution in [3.05, 3.63) is 11.1 Å². The first-order valence-corrected chi connectivity index (χ1v) is 8.91. The molecule has 3 nitrogen and oxygen atoms in total. The Hall–Kier alpha value is -0.610. The Balaban J connectivity index is 2.74. The van der Waals surface area contributed by atoms with E-state index in [-0.39, 0.29) is 0 Å². The normalized spacial score (nSPS) is 14.2. The maximum Gasteiger partial charge on any atom is 0.185 e. The van der Waals surface area contributed by atoms with Crippen LogP contribution in [0, 0.1) is 0 Å². The van der Waals surface area contributed by atoms with Gasteiger partial charge in [-0.05, 0) is 39.7 Å². The van der Waals surface area contributed by atoms with Crippen LogP contribution in [-0.2, 0) is 0 Å². The van der Waals surface area contributed by atoms with Gasteiger partial charge in [-0.15, -0.1) is 11.3 Å². The third kappa shape index (κ3) is 5.06. The quantitative estimate of drug-likeness (QED) is 0.683. The van der Waals surface area contributed by atoms with Gasteiger partial charge in [0.05, 0.1) is 0 Å². The molecule has 1 aromatic heterocycles. The first-order valence-electron chi connectivity index (χ1n) is 8.09. The molecule has 0 aliphatic heterocycles. The topological polar surface area (TPSA) is 28.2 Å². The lowest BCUT2D eigenvalue weighted by molar-refractivity contribution is 0.577. The highest BCUT2D eigenvalue weighted by atomic mass is 32.1. The predicted octanol–water partition coefficient (Wildman–Crippen LogP) is 4.61. The van der Waals surface area contributed by atoms with Gasteiger partial charge in [0.25, 0.3) is 0 Å². The van der Waals surface area contributed by atoms with E-state index in [2.05, 4.69) is 56.0 Å². The molecule has 116 valence electrons. The summed E-state index contributed by atoms with van der Waals surface area (Å²) >= 11 is 1.85. The molecule has 0 saturated carbocycles. The second-order valence-electron chi connectivity index (χ2n) is 5.53. The van der Waals surface area contributed by atoms with E-state index in [1.807, 2.05) is 11.3 Å². The van der Waals surface area contributed by atoms with Gasteiger partial charge in [-0.1, -0.05) is 27.2 Å². The molecule has 1 N–H and O–H groups in total. The molecule has 0 amide bonds. The maximum absolute atomic E-state index is 4.67. The van der Waals surface area contributed by atoms with Crippen molar-refractivity contribution in [1.29, 1.82) is 0 Å². The van der Waals surface area contributed by atoms with Crippen molar-refractivity contribution in [2.24, 2.45) is 0 Å².